The molecule has 0 bridgehead atoms. The highest BCUT2D eigenvalue weighted by atomic mass is 16.5. The number of rotatable bonds is 7. The maximum atomic E-state index is 12.6. The molecule has 0 atom stereocenters. The molecule has 158 valence electrons. The summed E-state index contributed by atoms with van der Waals surface area (Å²) in [4.78, 5) is 25.1. The summed E-state index contributed by atoms with van der Waals surface area (Å²) in [6.45, 7) is 3.71. The first-order chi connectivity index (χ1) is 14.4. The van der Waals surface area contributed by atoms with Crippen molar-refractivity contribution in [2.75, 3.05) is 26.6 Å². The molecule has 0 radical (unpaired) electrons. The fraction of sp³-hybridized carbons (Fsp3) is 0.304. The van der Waals surface area contributed by atoms with Gasteiger partial charge in [0.15, 0.2) is 0 Å². The molecule has 1 amide bonds. The molecule has 30 heavy (non-hydrogen) atoms. The van der Waals surface area contributed by atoms with E-state index in [2.05, 4.69) is 5.32 Å². The summed E-state index contributed by atoms with van der Waals surface area (Å²) >= 11 is 0. The number of nitrogens with one attached hydrogen (secondary N) is 1. The highest BCUT2D eigenvalue weighted by Crippen LogP contribution is 2.30. The van der Waals surface area contributed by atoms with Crippen LogP contribution in [0.2, 0.25) is 0 Å². The van der Waals surface area contributed by atoms with Crippen molar-refractivity contribution in [3.05, 3.63) is 57.4 Å². The second kappa shape index (κ2) is 8.90. The third kappa shape index (κ3) is 4.10. The number of ether oxygens (including phenoxy) is 3. The molecule has 0 saturated heterocycles. The Kier molecular flexibility index (Phi) is 6.30. The number of carbonyl (C=O) groups excluding carboxylic acids is 1. The Morgan fingerprint density at radius 1 is 0.967 bits per heavy atom. The first-order valence-electron chi connectivity index (χ1n) is 9.51. The molecule has 1 heterocycles. The van der Waals surface area contributed by atoms with Gasteiger partial charge in [0.2, 0.25) is 5.91 Å². The summed E-state index contributed by atoms with van der Waals surface area (Å²) in [5.74, 6) is 1.54. The van der Waals surface area contributed by atoms with Gasteiger partial charge in [0.1, 0.15) is 22.8 Å². The van der Waals surface area contributed by atoms with E-state index in [1.54, 1.807) is 32.4 Å². The first kappa shape index (κ1) is 21.2. The quantitative estimate of drug-likeness (QED) is 0.591. The third-order valence-corrected chi connectivity index (χ3v) is 5.16. The van der Waals surface area contributed by atoms with E-state index >= 15 is 0 Å². The number of aryl methyl sites for hydroxylation is 2. The molecular formula is C23H25NO6. The molecule has 0 aliphatic carbocycles. The van der Waals surface area contributed by atoms with Crippen molar-refractivity contribution >= 4 is 22.6 Å². The second-order valence-corrected chi connectivity index (χ2v) is 6.88. The first-order valence-corrected chi connectivity index (χ1v) is 9.51. The zero-order valence-electron chi connectivity index (χ0n) is 17.8. The molecule has 2 aromatic carbocycles. The third-order valence-electron chi connectivity index (χ3n) is 5.16. The Morgan fingerprint density at radius 3 is 2.33 bits per heavy atom. The van der Waals surface area contributed by atoms with Gasteiger partial charge in [-0.05, 0) is 50.1 Å². The number of anilines is 1. The number of amides is 1. The van der Waals surface area contributed by atoms with E-state index in [0.29, 0.717) is 34.1 Å². The van der Waals surface area contributed by atoms with Crippen LogP contribution >= 0.6 is 0 Å². The van der Waals surface area contributed by atoms with E-state index in [0.717, 1.165) is 16.5 Å². The number of hydrogen-bond acceptors (Lipinski definition) is 6. The van der Waals surface area contributed by atoms with Crippen molar-refractivity contribution in [3.8, 4) is 17.2 Å². The fourth-order valence-electron chi connectivity index (χ4n) is 3.44. The molecular weight excluding hydrogens is 386 g/mol. The van der Waals surface area contributed by atoms with Gasteiger partial charge in [-0.25, -0.2) is 4.79 Å². The Morgan fingerprint density at radius 2 is 1.67 bits per heavy atom. The fourth-order valence-corrected chi connectivity index (χ4v) is 3.44. The normalized spacial score (nSPS) is 10.7. The van der Waals surface area contributed by atoms with Crippen LogP contribution in [0.1, 0.15) is 23.1 Å². The molecule has 0 aliphatic heterocycles. The lowest BCUT2D eigenvalue weighted by molar-refractivity contribution is -0.116. The Balaban J connectivity index is 1.82. The molecule has 1 aromatic heterocycles. The second-order valence-electron chi connectivity index (χ2n) is 6.88. The lowest BCUT2D eigenvalue weighted by Crippen LogP contribution is -2.17. The minimum Gasteiger partial charge on any atom is -0.497 e. The summed E-state index contributed by atoms with van der Waals surface area (Å²) in [5.41, 5.74) is 2.63. The van der Waals surface area contributed by atoms with E-state index in [9.17, 15) is 9.59 Å². The summed E-state index contributed by atoms with van der Waals surface area (Å²) in [7, 11) is 4.65. The minimum atomic E-state index is -0.442. The van der Waals surface area contributed by atoms with Crippen molar-refractivity contribution in [3.63, 3.8) is 0 Å². The Hall–Kier alpha value is -3.48. The lowest BCUT2D eigenvalue weighted by atomic mass is 10.00. The van der Waals surface area contributed by atoms with E-state index in [4.69, 9.17) is 18.6 Å². The monoisotopic (exact) mass is 411 g/mol. The van der Waals surface area contributed by atoms with Crippen LogP contribution in [0.25, 0.3) is 11.0 Å². The standard InChI is InChI=1S/C23H25NO6/c1-13-16-7-10-19(28-4)14(2)22(16)30-23(26)17(13)8-11-21(25)24-18-12-15(27-3)6-9-20(18)29-5/h6-7,9-10,12H,8,11H2,1-5H3,(H,24,25). The molecule has 7 heteroatoms. The zero-order valence-corrected chi connectivity index (χ0v) is 17.8. The van der Waals surface area contributed by atoms with Gasteiger partial charge < -0.3 is 23.9 Å². The van der Waals surface area contributed by atoms with Gasteiger partial charge >= 0.3 is 5.63 Å². The van der Waals surface area contributed by atoms with Gasteiger partial charge in [-0.1, -0.05) is 0 Å². The number of carbonyl (C=O) groups is 1. The number of hydrogen-bond donors (Lipinski definition) is 1. The summed E-state index contributed by atoms with van der Waals surface area (Å²) in [5, 5.41) is 3.64. The van der Waals surface area contributed by atoms with Crippen molar-refractivity contribution in [1.82, 2.24) is 0 Å². The van der Waals surface area contributed by atoms with Gasteiger partial charge in [0, 0.05) is 29.0 Å². The summed E-state index contributed by atoms with van der Waals surface area (Å²) in [6, 6.07) is 8.85. The van der Waals surface area contributed by atoms with E-state index < -0.39 is 5.63 Å². The predicted octanol–water partition coefficient (Wildman–Crippen LogP) is 4.01. The minimum absolute atomic E-state index is 0.118. The molecule has 7 nitrogen and oxygen atoms in total. The van der Waals surface area contributed by atoms with Crippen LogP contribution in [0.4, 0.5) is 5.69 Å². The summed E-state index contributed by atoms with van der Waals surface area (Å²) in [6.07, 6.45) is 0.375. The van der Waals surface area contributed by atoms with Gasteiger partial charge in [0.05, 0.1) is 27.0 Å². The van der Waals surface area contributed by atoms with Crippen molar-refractivity contribution < 1.29 is 23.4 Å². The van der Waals surface area contributed by atoms with Crippen LogP contribution in [-0.4, -0.2) is 27.2 Å². The maximum Gasteiger partial charge on any atom is 0.339 e. The van der Waals surface area contributed by atoms with Gasteiger partial charge in [-0.15, -0.1) is 0 Å². The zero-order chi connectivity index (χ0) is 21.8. The van der Waals surface area contributed by atoms with Crippen LogP contribution in [0.5, 0.6) is 17.2 Å². The van der Waals surface area contributed by atoms with Crippen LogP contribution < -0.4 is 25.2 Å². The van der Waals surface area contributed by atoms with E-state index in [1.807, 2.05) is 26.0 Å². The van der Waals surface area contributed by atoms with Crippen LogP contribution in [0.3, 0.4) is 0 Å². The van der Waals surface area contributed by atoms with Gasteiger partial charge in [-0.2, -0.15) is 0 Å². The highest BCUT2D eigenvalue weighted by Gasteiger charge is 2.16. The number of methoxy groups -OCH3 is 3. The van der Waals surface area contributed by atoms with Crippen molar-refractivity contribution in [2.45, 2.75) is 26.7 Å². The smallest absolute Gasteiger partial charge is 0.339 e. The Labute approximate surface area is 174 Å². The molecule has 0 spiro atoms. The lowest BCUT2D eigenvalue weighted by Gasteiger charge is -2.13. The summed E-state index contributed by atoms with van der Waals surface area (Å²) < 4.78 is 21.3. The maximum absolute atomic E-state index is 12.6. The SMILES string of the molecule is COc1ccc(OC)c(NC(=O)CCc2c(C)c3ccc(OC)c(C)c3oc2=O)c1. The number of fused-ring (bicyclic) bond motifs is 1. The predicted molar refractivity (Wildman–Crippen MR) is 115 cm³/mol. The van der Waals surface area contributed by atoms with Crippen molar-refractivity contribution in [2.24, 2.45) is 0 Å². The van der Waals surface area contributed by atoms with Crippen LogP contribution in [-0.2, 0) is 11.2 Å². The van der Waals surface area contributed by atoms with Crippen molar-refractivity contribution in [1.29, 1.82) is 0 Å². The molecule has 0 saturated carbocycles. The molecule has 0 fully saturated rings. The molecule has 0 unspecified atom stereocenters. The molecule has 1 N–H and O–H groups in total. The molecule has 0 aliphatic rings. The topological polar surface area (TPSA) is 87.0 Å². The van der Waals surface area contributed by atoms with Crippen LogP contribution in [0.15, 0.2) is 39.5 Å². The average molecular weight is 411 g/mol. The molecule has 3 aromatic rings. The highest BCUT2D eigenvalue weighted by molar-refractivity contribution is 5.93. The van der Waals surface area contributed by atoms with Crippen LogP contribution in [0, 0.1) is 13.8 Å². The molecule has 3 rings (SSSR count). The average Bonchev–Trinajstić information content (AvgIpc) is 2.74. The Bertz CT molecular complexity index is 1150. The van der Waals surface area contributed by atoms with Gasteiger partial charge in [0.25, 0.3) is 0 Å². The largest absolute Gasteiger partial charge is 0.497 e. The van der Waals surface area contributed by atoms with E-state index in [-0.39, 0.29) is 18.7 Å². The van der Waals surface area contributed by atoms with Gasteiger partial charge in [-0.3, -0.25) is 4.79 Å². The number of benzene rings is 2. The van der Waals surface area contributed by atoms with E-state index in [1.165, 1.54) is 7.11 Å².